The van der Waals surface area contributed by atoms with Gasteiger partial charge in [-0.15, -0.1) is 5.10 Å². The second-order valence-corrected chi connectivity index (χ2v) is 6.63. The first-order chi connectivity index (χ1) is 10.7. The van der Waals surface area contributed by atoms with E-state index in [1.54, 1.807) is 0 Å². The fourth-order valence-electron chi connectivity index (χ4n) is 2.51. The van der Waals surface area contributed by atoms with Crippen LogP contribution in [0.1, 0.15) is 19.8 Å². The fourth-order valence-corrected chi connectivity index (χ4v) is 3.21. The molecule has 2 heterocycles. The number of aromatic nitrogens is 3. The molecule has 22 heavy (non-hydrogen) atoms. The van der Waals surface area contributed by atoms with Crippen LogP contribution < -0.4 is 0 Å². The van der Waals surface area contributed by atoms with Crippen LogP contribution in [0.4, 0.5) is 0 Å². The van der Waals surface area contributed by atoms with Crippen LogP contribution in [0.5, 0.6) is 0 Å². The highest BCUT2D eigenvalue weighted by Gasteiger charge is 2.20. The van der Waals surface area contributed by atoms with E-state index in [4.69, 9.17) is 0 Å². The Bertz CT molecular complexity index is 620. The van der Waals surface area contributed by atoms with Gasteiger partial charge in [0.1, 0.15) is 0 Å². The van der Waals surface area contributed by atoms with E-state index in [1.807, 2.05) is 35.2 Å². The number of nitrogens with zero attached hydrogens (tertiary/aromatic N) is 3. The summed E-state index contributed by atoms with van der Waals surface area (Å²) in [5.74, 6) is 2.06. The lowest BCUT2D eigenvalue weighted by Crippen LogP contribution is -2.38. The Labute approximate surface area is 134 Å². The molecule has 0 unspecified atom stereocenters. The number of amides is 1. The summed E-state index contributed by atoms with van der Waals surface area (Å²) in [6.45, 7) is 4.00. The number of nitrogens with one attached hydrogen (secondary N) is 1. The quantitative estimate of drug-likeness (QED) is 0.881. The molecule has 1 fully saturated rings. The molecule has 3 rings (SSSR count). The minimum Gasteiger partial charge on any atom is -0.342 e. The van der Waals surface area contributed by atoms with E-state index in [0.717, 1.165) is 43.2 Å². The van der Waals surface area contributed by atoms with E-state index in [9.17, 15) is 4.79 Å². The van der Waals surface area contributed by atoms with E-state index >= 15 is 0 Å². The average molecular weight is 316 g/mol. The van der Waals surface area contributed by atoms with Crippen LogP contribution in [0.2, 0.25) is 0 Å². The molecule has 1 aromatic carbocycles. The molecule has 1 amide bonds. The van der Waals surface area contributed by atoms with Gasteiger partial charge in [-0.3, -0.25) is 9.89 Å². The molecule has 0 radical (unpaired) electrons. The minimum atomic E-state index is 0.183. The van der Waals surface area contributed by atoms with Crippen molar-refractivity contribution in [2.75, 3.05) is 18.8 Å². The maximum atomic E-state index is 12.2. The highest BCUT2D eigenvalue weighted by Crippen LogP contribution is 2.21. The van der Waals surface area contributed by atoms with Gasteiger partial charge in [-0.25, -0.2) is 4.98 Å². The number of rotatable bonds is 4. The van der Waals surface area contributed by atoms with E-state index in [1.165, 1.54) is 11.8 Å². The van der Waals surface area contributed by atoms with Gasteiger partial charge >= 0.3 is 0 Å². The van der Waals surface area contributed by atoms with Crippen LogP contribution in [-0.4, -0.2) is 44.8 Å². The zero-order valence-corrected chi connectivity index (χ0v) is 13.5. The predicted octanol–water partition coefficient (Wildman–Crippen LogP) is 2.82. The third-order valence-electron chi connectivity index (χ3n) is 3.97. The van der Waals surface area contributed by atoms with Gasteiger partial charge < -0.3 is 4.90 Å². The molecular formula is C16H20N4OS. The monoisotopic (exact) mass is 316 g/mol. The lowest BCUT2D eigenvalue weighted by Gasteiger charge is -2.30. The standard InChI is InChI=1S/C16H20N4OS/c1-12-7-9-20(10-8-12)14(21)11-22-16-17-15(18-19-16)13-5-3-2-4-6-13/h2-6,12H,7-11H2,1H3,(H,17,18,19). The molecule has 116 valence electrons. The summed E-state index contributed by atoms with van der Waals surface area (Å²) in [5, 5.41) is 7.72. The summed E-state index contributed by atoms with van der Waals surface area (Å²) < 4.78 is 0. The van der Waals surface area contributed by atoms with Crippen molar-refractivity contribution in [3.8, 4) is 11.4 Å². The molecule has 0 spiro atoms. The largest absolute Gasteiger partial charge is 0.342 e. The SMILES string of the molecule is CC1CCN(C(=O)CSc2n[nH]c(-c3ccccc3)n2)CC1. The van der Waals surface area contributed by atoms with Gasteiger partial charge in [-0.05, 0) is 18.8 Å². The van der Waals surface area contributed by atoms with Gasteiger partial charge in [-0.2, -0.15) is 0 Å². The first kappa shape index (κ1) is 15.1. The van der Waals surface area contributed by atoms with E-state index in [0.29, 0.717) is 10.9 Å². The van der Waals surface area contributed by atoms with Gasteiger partial charge in [0.2, 0.25) is 11.1 Å². The Balaban J connectivity index is 1.54. The predicted molar refractivity (Wildman–Crippen MR) is 87.5 cm³/mol. The smallest absolute Gasteiger partial charge is 0.233 e. The van der Waals surface area contributed by atoms with Crippen molar-refractivity contribution in [3.63, 3.8) is 0 Å². The molecule has 6 heteroatoms. The Kier molecular flexibility index (Phi) is 4.77. The third kappa shape index (κ3) is 3.68. The first-order valence-electron chi connectivity index (χ1n) is 7.61. The molecule has 1 saturated heterocycles. The average Bonchev–Trinajstić information content (AvgIpc) is 3.03. The van der Waals surface area contributed by atoms with Crippen LogP contribution in [-0.2, 0) is 4.79 Å². The molecule has 5 nitrogen and oxygen atoms in total. The van der Waals surface area contributed by atoms with E-state index in [2.05, 4.69) is 22.1 Å². The number of hydrogen-bond donors (Lipinski definition) is 1. The number of hydrogen-bond acceptors (Lipinski definition) is 4. The van der Waals surface area contributed by atoms with Crippen molar-refractivity contribution in [1.29, 1.82) is 0 Å². The number of carbonyl (C=O) groups is 1. The number of aromatic amines is 1. The van der Waals surface area contributed by atoms with Crippen LogP contribution in [0.15, 0.2) is 35.5 Å². The Morgan fingerprint density at radius 1 is 1.32 bits per heavy atom. The molecule has 0 bridgehead atoms. The Hall–Kier alpha value is -1.82. The molecule has 1 aliphatic heterocycles. The molecule has 0 atom stereocenters. The van der Waals surface area contributed by atoms with Gasteiger partial charge in [0.25, 0.3) is 0 Å². The van der Waals surface area contributed by atoms with Crippen LogP contribution in [0.25, 0.3) is 11.4 Å². The summed E-state index contributed by atoms with van der Waals surface area (Å²) in [5.41, 5.74) is 0.998. The lowest BCUT2D eigenvalue weighted by atomic mass is 9.99. The Morgan fingerprint density at radius 3 is 2.77 bits per heavy atom. The molecule has 0 aliphatic carbocycles. The summed E-state index contributed by atoms with van der Waals surface area (Å²) in [6, 6.07) is 9.86. The van der Waals surface area contributed by atoms with Crippen molar-refractivity contribution in [3.05, 3.63) is 30.3 Å². The number of carbonyl (C=O) groups excluding carboxylic acids is 1. The molecule has 1 aliphatic rings. The summed E-state index contributed by atoms with van der Waals surface area (Å²) in [6.07, 6.45) is 2.21. The minimum absolute atomic E-state index is 0.183. The molecule has 0 saturated carbocycles. The summed E-state index contributed by atoms with van der Waals surface area (Å²) >= 11 is 1.39. The maximum absolute atomic E-state index is 12.2. The maximum Gasteiger partial charge on any atom is 0.233 e. The lowest BCUT2D eigenvalue weighted by molar-refractivity contribution is -0.129. The van der Waals surface area contributed by atoms with Crippen molar-refractivity contribution < 1.29 is 4.79 Å². The van der Waals surface area contributed by atoms with Crippen molar-refractivity contribution in [2.24, 2.45) is 5.92 Å². The highest BCUT2D eigenvalue weighted by atomic mass is 32.2. The van der Waals surface area contributed by atoms with E-state index < -0.39 is 0 Å². The van der Waals surface area contributed by atoms with Crippen molar-refractivity contribution >= 4 is 17.7 Å². The number of piperidine rings is 1. The number of H-pyrrole nitrogens is 1. The fraction of sp³-hybridized carbons (Fsp3) is 0.438. The van der Waals surface area contributed by atoms with Gasteiger partial charge in [0.15, 0.2) is 5.82 Å². The Morgan fingerprint density at radius 2 is 2.05 bits per heavy atom. The zero-order valence-electron chi connectivity index (χ0n) is 12.7. The summed E-state index contributed by atoms with van der Waals surface area (Å²) in [7, 11) is 0. The van der Waals surface area contributed by atoms with Crippen molar-refractivity contribution in [1.82, 2.24) is 20.1 Å². The first-order valence-corrected chi connectivity index (χ1v) is 8.59. The second-order valence-electron chi connectivity index (χ2n) is 5.68. The molecule has 1 aromatic heterocycles. The van der Waals surface area contributed by atoms with Crippen LogP contribution in [0, 0.1) is 5.92 Å². The number of likely N-dealkylation sites (tertiary alicyclic amines) is 1. The van der Waals surface area contributed by atoms with Gasteiger partial charge in [0.05, 0.1) is 5.75 Å². The van der Waals surface area contributed by atoms with Gasteiger partial charge in [0, 0.05) is 18.7 Å². The zero-order chi connectivity index (χ0) is 15.4. The highest BCUT2D eigenvalue weighted by molar-refractivity contribution is 7.99. The normalized spacial score (nSPS) is 16.0. The molecular weight excluding hydrogens is 296 g/mol. The number of benzene rings is 1. The second kappa shape index (κ2) is 6.96. The topological polar surface area (TPSA) is 61.9 Å². The van der Waals surface area contributed by atoms with Gasteiger partial charge in [-0.1, -0.05) is 49.0 Å². The molecule has 1 N–H and O–H groups in total. The van der Waals surface area contributed by atoms with Crippen molar-refractivity contribution in [2.45, 2.75) is 24.9 Å². The van der Waals surface area contributed by atoms with Crippen LogP contribution in [0.3, 0.4) is 0 Å². The molecule has 2 aromatic rings. The third-order valence-corrected chi connectivity index (χ3v) is 4.81. The number of thioether (sulfide) groups is 1. The van der Waals surface area contributed by atoms with E-state index in [-0.39, 0.29) is 5.91 Å². The van der Waals surface area contributed by atoms with Crippen LogP contribution >= 0.6 is 11.8 Å². The summed E-state index contributed by atoms with van der Waals surface area (Å²) in [4.78, 5) is 18.6.